The smallest absolute Gasteiger partial charge is 0.322 e. The molecule has 20 heavy (non-hydrogen) atoms. The largest absolute Gasteiger partial charge is 0.481 e. The molecule has 1 aromatic rings. The molecule has 2 heterocycles. The lowest BCUT2D eigenvalue weighted by Crippen LogP contribution is -2.41. The number of anilines is 1. The molecule has 0 saturated carbocycles. The van der Waals surface area contributed by atoms with Crippen molar-refractivity contribution in [3.8, 4) is 0 Å². The van der Waals surface area contributed by atoms with Crippen molar-refractivity contribution in [2.75, 3.05) is 25.0 Å². The Morgan fingerprint density at radius 3 is 2.95 bits per heavy atom. The number of hydrogen-bond acceptors (Lipinski definition) is 6. The number of aliphatic carboxylic acids is 1. The molecular weight excluding hydrogens is 264 g/mol. The van der Waals surface area contributed by atoms with E-state index in [9.17, 15) is 9.59 Å². The van der Waals surface area contributed by atoms with Gasteiger partial charge in [0.15, 0.2) is 0 Å². The minimum atomic E-state index is -0.789. The van der Waals surface area contributed by atoms with Gasteiger partial charge in [0.1, 0.15) is 0 Å². The summed E-state index contributed by atoms with van der Waals surface area (Å²) in [4.78, 5) is 24.5. The fraction of sp³-hybridized carbons (Fsp3) is 0.667. The van der Waals surface area contributed by atoms with Gasteiger partial charge in [0.25, 0.3) is 0 Å². The Bertz CT molecular complexity index is 488. The van der Waals surface area contributed by atoms with Crippen molar-refractivity contribution in [2.24, 2.45) is 5.92 Å². The van der Waals surface area contributed by atoms with Gasteiger partial charge in [-0.05, 0) is 25.3 Å². The van der Waals surface area contributed by atoms with Gasteiger partial charge < -0.3 is 9.52 Å². The molecule has 1 amide bonds. The van der Waals surface area contributed by atoms with Crippen LogP contribution in [0.2, 0.25) is 0 Å². The summed E-state index contributed by atoms with van der Waals surface area (Å²) in [5, 5.41) is 18.6. The molecule has 8 nitrogen and oxygen atoms in total. The third-order valence-corrected chi connectivity index (χ3v) is 3.21. The van der Waals surface area contributed by atoms with E-state index in [1.54, 1.807) is 6.92 Å². The Hall–Kier alpha value is -1.96. The van der Waals surface area contributed by atoms with E-state index < -0.39 is 5.97 Å². The molecule has 0 bridgehead atoms. The maximum Gasteiger partial charge on any atom is 0.322 e. The van der Waals surface area contributed by atoms with Gasteiger partial charge in [0.2, 0.25) is 11.8 Å². The molecule has 2 N–H and O–H groups in total. The molecule has 1 saturated heterocycles. The molecule has 0 aromatic carbocycles. The second kappa shape index (κ2) is 6.47. The molecule has 1 atom stereocenters. The summed E-state index contributed by atoms with van der Waals surface area (Å²) in [6, 6.07) is 0.0894. The lowest BCUT2D eigenvalue weighted by Gasteiger charge is -2.31. The Morgan fingerprint density at radius 1 is 1.50 bits per heavy atom. The van der Waals surface area contributed by atoms with Gasteiger partial charge in [-0.2, -0.15) is 0 Å². The molecular formula is C12H18N4O4. The van der Waals surface area contributed by atoms with Crippen LogP contribution >= 0.6 is 0 Å². The number of carbonyl (C=O) groups excluding carboxylic acids is 1. The number of amides is 1. The summed E-state index contributed by atoms with van der Waals surface area (Å²) in [6.07, 6.45) is 1.96. The summed E-state index contributed by atoms with van der Waals surface area (Å²) in [6.45, 7) is 3.27. The number of carboxylic acid groups (broad SMARTS) is 1. The van der Waals surface area contributed by atoms with Gasteiger partial charge in [-0.1, -0.05) is 5.10 Å². The van der Waals surface area contributed by atoms with Crippen LogP contribution in [-0.4, -0.2) is 51.7 Å². The van der Waals surface area contributed by atoms with Crippen LogP contribution < -0.4 is 5.32 Å². The number of aromatic nitrogens is 2. The van der Waals surface area contributed by atoms with Crippen molar-refractivity contribution in [2.45, 2.75) is 26.2 Å². The van der Waals surface area contributed by atoms with Crippen LogP contribution in [0.25, 0.3) is 0 Å². The van der Waals surface area contributed by atoms with Crippen LogP contribution in [0.3, 0.4) is 0 Å². The standard InChI is InChI=1S/C12H18N4O4/c1-8-14-15-12(20-8)13-10(17)7-16-4-2-3-9(6-16)5-11(18)19/h9H,2-7H2,1H3,(H,18,19)(H,13,15,17). The molecule has 1 fully saturated rings. The van der Waals surface area contributed by atoms with Gasteiger partial charge in [-0.15, -0.1) is 5.10 Å². The molecule has 8 heteroatoms. The van der Waals surface area contributed by atoms with E-state index in [1.165, 1.54) is 0 Å². The Balaban J connectivity index is 1.80. The number of rotatable bonds is 5. The number of likely N-dealkylation sites (tertiary alicyclic amines) is 1. The van der Waals surface area contributed by atoms with Crippen LogP contribution in [0.1, 0.15) is 25.2 Å². The monoisotopic (exact) mass is 282 g/mol. The first-order chi connectivity index (χ1) is 9.52. The van der Waals surface area contributed by atoms with E-state index in [0.29, 0.717) is 12.4 Å². The zero-order chi connectivity index (χ0) is 14.5. The van der Waals surface area contributed by atoms with E-state index in [0.717, 1.165) is 19.4 Å². The molecule has 1 aliphatic heterocycles. The number of aryl methyl sites for hydroxylation is 1. The highest BCUT2D eigenvalue weighted by Crippen LogP contribution is 2.19. The highest BCUT2D eigenvalue weighted by atomic mass is 16.4. The van der Waals surface area contributed by atoms with Crippen molar-refractivity contribution in [3.05, 3.63) is 5.89 Å². The first-order valence-corrected chi connectivity index (χ1v) is 6.57. The minimum absolute atomic E-state index is 0.0894. The molecule has 110 valence electrons. The SMILES string of the molecule is Cc1nnc(NC(=O)CN2CCCC(CC(=O)O)C2)o1. The van der Waals surface area contributed by atoms with Crippen LogP contribution in [0.4, 0.5) is 6.01 Å². The predicted molar refractivity (Wildman–Crippen MR) is 69.1 cm³/mol. The molecule has 1 aliphatic rings. The highest BCUT2D eigenvalue weighted by Gasteiger charge is 2.23. The topological polar surface area (TPSA) is 109 Å². The lowest BCUT2D eigenvalue weighted by atomic mass is 9.95. The van der Waals surface area contributed by atoms with Crippen molar-refractivity contribution in [1.29, 1.82) is 0 Å². The Labute approximate surface area is 116 Å². The average molecular weight is 282 g/mol. The van der Waals surface area contributed by atoms with Crippen LogP contribution in [0.5, 0.6) is 0 Å². The highest BCUT2D eigenvalue weighted by molar-refractivity contribution is 5.90. The quantitative estimate of drug-likeness (QED) is 0.809. The van der Waals surface area contributed by atoms with E-state index in [1.807, 2.05) is 4.90 Å². The Morgan fingerprint density at radius 2 is 2.30 bits per heavy atom. The van der Waals surface area contributed by atoms with E-state index in [4.69, 9.17) is 9.52 Å². The zero-order valence-electron chi connectivity index (χ0n) is 11.3. The van der Waals surface area contributed by atoms with Crippen molar-refractivity contribution in [3.63, 3.8) is 0 Å². The van der Waals surface area contributed by atoms with Crippen LogP contribution in [0.15, 0.2) is 4.42 Å². The number of carboxylic acids is 1. The predicted octanol–water partition coefficient (Wildman–Crippen LogP) is 0.503. The van der Waals surface area contributed by atoms with Crippen molar-refractivity contribution >= 4 is 17.9 Å². The summed E-state index contributed by atoms with van der Waals surface area (Å²) >= 11 is 0. The number of hydrogen-bond donors (Lipinski definition) is 2. The Kier molecular flexibility index (Phi) is 4.67. The lowest BCUT2D eigenvalue weighted by molar-refractivity contribution is -0.138. The first kappa shape index (κ1) is 14.4. The summed E-state index contributed by atoms with van der Waals surface area (Å²) in [5.41, 5.74) is 0. The fourth-order valence-electron chi connectivity index (χ4n) is 2.42. The third-order valence-electron chi connectivity index (χ3n) is 3.21. The number of nitrogens with zero attached hydrogens (tertiary/aromatic N) is 3. The summed E-state index contributed by atoms with van der Waals surface area (Å²) in [5.74, 6) is -0.522. The number of nitrogens with one attached hydrogen (secondary N) is 1. The first-order valence-electron chi connectivity index (χ1n) is 6.57. The van der Waals surface area contributed by atoms with Gasteiger partial charge in [-0.25, -0.2) is 0 Å². The fourth-order valence-corrected chi connectivity index (χ4v) is 2.42. The van der Waals surface area contributed by atoms with Gasteiger partial charge in [0.05, 0.1) is 6.54 Å². The average Bonchev–Trinajstić information content (AvgIpc) is 2.74. The molecule has 0 radical (unpaired) electrons. The zero-order valence-corrected chi connectivity index (χ0v) is 11.3. The molecule has 0 aliphatic carbocycles. The summed E-state index contributed by atoms with van der Waals surface area (Å²) in [7, 11) is 0. The van der Waals surface area contributed by atoms with Crippen molar-refractivity contribution in [1.82, 2.24) is 15.1 Å². The second-order valence-corrected chi connectivity index (χ2v) is 5.02. The second-order valence-electron chi connectivity index (χ2n) is 5.02. The molecule has 0 spiro atoms. The maximum atomic E-state index is 11.8. The number of piperidine rings is 1. The normalized spacial score (nSPS) is 19.8. The van der Waals surface area contributed by atoms with E-state index in [2.05, 4.69) is 15.5 Å². The molecule has 1 unspecified atom stereocenters. The van der Waals surface area contributed by atoms with Crippen LogP contribution in [-0.2, 0) is 9.59 Å². The molecule has 2 rings (SSSR count). The maximum absolute atomic E-state index is 11.8. The van der Waals surface area contributed by atoms with Gasteiger partial charge in [-0.3, -0.25) is 19.8 Å². The van der Waals surface area contributed by atoms with E-state index in [-0.39, 0.29) is 30.8 Å². The van der Waals surface area contributed by atoms with Crippen molar-refractivity contribution < 1.29 is 19.1 Å². The van der Waals surface area contributed by atoms with Crippen LogP contribution in [0, 0.1) is 12.8 Å². The third kappa shape index (κ3) is 4.30. The molecule has 1 aromatic heterocycles. The minimum Gasteiger partial charge on any atom is -0.481 e. The van der Waals surface area contributed by atoms with E-state index >= 15 is 0 Å². The number of carbonyl (C=O) groups is 2. The summed E-state index contributed by atoms with van der Waals surface area (Å²) < 4.78 is 5.07. The van der Waals surface area contributed by atoms with Gasteiger partial charge in [0, 0.05) is 19.9 Å². The van der Waals surface area contributed by atoms with Gasteiger partial charge >= 0.3 is 12.0 Å².